The number of benzene rings is 3. The zero-order valence-electron chi connectivity index (χ0n) is 15.1. The Kier molecular flexibility index (Phi) is 4.79. The smallest absolute Gasteiger partial charge is 0.175 e. The van der Waals surface area contributed by atoms with E-state index >= 15 is 0 Å². The van der Waals surface area contributed by atoms with E-state index in [4.69, 9.17) is 16.6 Å². The summed E-state index contributed by atoms with van der Waals surface area (Å²) in [5.74, 6) is 0.734. The minimum atomic E-state index is -3.25. The molecule has 1 heterocycles. The molecule has 1 aromatic heterocycles. The summed E-state index contributed by atoms with van der Waals surface area (Å²) >= 11 is 6.18. The van der Waals surface area contributed by atoms with Crippen molar-refractivity contribution in [1.29, 1.82) is 0 Å². The SMILES string of the molecule is CS(=O)(=O)c1ccc(-c2[nH]c(-c3ccccc3)nc2-c2cccc(Cl)c2)cc1. The minimum absolute atomic E-state index is 0.281. The highest BCUT2D eigenvalue weighted by molar-refractivity contribution is 7.90. The van der Waals surface area contributed by atoms with Crippen LogP contribution in [0.25, 0.3) is 33.9 Å². The normalized spacial score (nSPS) is 11.5. The van der Waals surface area contributed by atoms with Crippen LogP contribution in [0.4, 0.5) is 0 Å². The molecule has 0 bridgehead atoms. The Morgan fingerprint density at radius 3 is 2.14 bits per heavy atom. The number of nitrogens with zero attached hydrogens (tertiary/aromatic N) is 1. The molecule has 0 saturated heterocycles. The summed E-state index contributed by atoms with van der Waals surface area (Å²) in [5, 5.41) is 0.625. The maximum absolute atomic E-state index is 11.8. The van der Waals surface area contributed by atoms with Gasteiger partial charge in [0.1, 0.15) is 5.82 Å². The molecule has 0 aliphatic carbocycles. The Bertz CT molecular complexity index is 1230. The average Bonchev–Trinajstić information content (AvgIpc) is 3.14. The van der Waals surface area contributed by atoms with Crippen LogP contribution in [-0.2, 0) is 9.84 Å². The van der Waals surface area contributed by atoms with Gasteiger partial charge in [-0.05, 0) is 24.3 Å². The van der Waals surface area contributed by atoms with Gasteiger partial charge in [-0.25, -0.2) is 13.4 Å². The van der Waals surface area contributed by atoms with Gasteiger partial charge in [0.2, 0.25) is 0 Å². The van der Waals surface area contributed by atoms with Gasteiger partial charge in [0.15, 0.2) is 9.84 Å². The first-order chi connectivity index (χ1) is 13.4. The molecular formula is C22H17ClN2O2S. The average molecular weight is 409 g/mol. The van der Waals surface area contributed by atoms with Crippen LogP contribution in [0.3, 0.4) is 0 Å². The van der Waals surface area contributed by atoms with Gasteiger partial charge in [0.25, 0.3) is 0 Å². The lowest BCUT2D eigenvalue weighted by Gasteiger charge is -2.05. The van der Waals surface area contributed by atoms with E-state index in [1.54, 1.807) is 24.3 Å². The van der Waals surface area contributed by atoms with Crippen molar-refractivity contribution in [2.75, 3.05) is 6.26 Å². The van der Waals surface area contributed by atoms with Crippen LogP contribution in [0.1, 0.15) is 0 Å². The quantitative estimate of drug-likeness (QED) is 0.487. The standard InChI is InChI=1S/C22H17ClN2O2S/c1-28(26,27)19-12-10-15(11-13-19)20-21(17-8-5-9-18(23)14-17)25-22(24-20)16-6-3-2-4-7-16/h2-14H,1H3,(H,24,25). The fraction of sp³-hybridized carbons (Fsp3) is 0.0455. The number of sulfone groups is 1. The molecule has 0 atom stereocenters. The van der Waals surface area contributed by atoms with Gasteiger partial charge in [0.05, 0.1) is 16.3 Å². The number of imidazole rings is 1. The van der Waals surface area contributed by atoms with E-state index in [0.29, 0.717) is 5.02 Å². The summed E-state index contributed by atoms with van der Waals surface area (Å²) in [7, 11) is -3.25. The fourth-order valence-electron chi connectivity index (χ4n) is 3.03. The largest absolute Gasteiger partial charge is 0.337 e. The summed E-state index contributed by atoms with van der Waals surface area (Å²) in [5.41, 5.74) is 4.25. The number of aromatic amines is 1. The molecule has 3 aromatic carbocycles. The van der Waals surface area contributed by atoms with Crippen LogP contribution in [0.5, 0.6) is 0 Å². The number of aromatic nitrogens is 2. The van der Waals surface area contributed by atoms with Crippen molar-refractivity contribution in [2.45, 2.75) is 4.90 Å². The molecule has 6 heteroatoms. The zero-order valence-corrected chi connectivity index (χ0v) is 16.6. The second-order valence-corrected chi connectivity index (χ2v) is 8.93. The van der Waals surface area contributed by atoms with Crippen LogP contribution in [0.2, 0.25) is 5.02 Å². The van der Waals surface area contributed by atoms with Gasteiger partial charge >= 0.3 is 0 Å². The van der Waals surface area contributed by atoms with Crippen molar-refractivity contribution >= 4 is 21.4 Å². The third-order valence-electron chi connectivity index (χ3n) is 4.42. The Morgan fingerprint density at radius 1 is 0.821 bits per heavy atom. The molecule has 0 aliphatic heterocycles. The second-order valence-electron chi connectivity index (χ2n) is 6.48. The van der Waals surface area contributed by atoms with Crippen LogP contribution in [0.15, 0.2) is 83.8 Å². The molecule has 0 spiro atoms. The Morgan fingerprint density at radius 2 is 1.50 bits per heavy atom. The first-order valence-electron chi connectivity index (χ1n) is 8.64. The molecule has 28 heavy (non-hydrogen) atoms. The van der Waals surface area contributed by atoms with Gasteiger partial charge in [-0.3, -0.25) is 0 Å². The molecule has 0 fully saturated rings. The predicted octanol–water partition coefficient (Wildman–Crippen LogP) is 5.47. The van der Waals surface area contributed by atoms with Crippen LogP contribution in [-0.4, -0.2) is 24.6 Å². The Balaban J connectivity index is 1.89. The van der Waals surface area contributed by atoms with Crippen LogP contribution < -0.4 is 0 Å². The molecule has 0 unspecified atom stereocenters. The third-order valence-corrected chi connectivity index (χ3v) is 5.78. The van der Waals surface area contributed by atoms with Gasteiger partial charge in [-0.2, -0.15) is 0 Å². The van der Waals surface area contributed by atoms with Crippen molar-refractivity contribution in [3.63, 3.8) is 0 Å². The first-order valence-corrected chi connectivity index (χ1v) is 10.9. The number of nitrogens with one attached hydrogen (secondary N) is 1. The topological polar surface area (TPSA) is 62.8 Å². The predicted molar refractivity (Wildman–Crippen MR) is 113 cm³/mol. The van der Waals surface area contributed by atoms with E-state index in [-0.39, 0.29) is 4.90 Å². The van der Waals surface area contributed by atoms with E-state index in [0.717, 1.165) is 33.9 Å². The van der Waals surface area contributed by atoms with Crippen molar-refractivity contribution in [1.82, 2.24) is 9.97 Å². The lowest BCUT2D eigenvalue weighted by Crippen LogP contribution is -1.96. The number of rotatable bonds is 4. The van der Waals surface area contributed by atoms with Gasteiger partial charge in [-0.15, -0.1) is 0 Å². The third kappa shape index (κ3) is 3.72. The van der Waals surface area contributed by atoms with Crippen molar-refractivity contribution < 1.29 is 8.42 Å². The monoisotopic (exact) mass is 408 g/mol. The molecule has 1 N–H and O–H groups in total. The molecule has 0 radical (unpaired) electrons. The van der Waals surface area contributed by atoms with Gasteiger partial charge in [-0.1, -0.05) is 66.2 Å². The summed E-state index contributed by atoms with van der Waals surface area (Å²) in [4.78, 5) is 8.47. The van der Waals surface area contributed by atoms with E-state index < -0.39 is 9.84 Å². The lowest BCUT2D eigenvalue weighted by molar-refractivity contribution is 0.602. The molecular weight excluding hydrogens is 392 g/mol. The molecule has 0 aliphatic rings. The Hall–Kier alpha value is -2.89. The first kappa shape index (κ1) is 18.5. The highest BCUT2D eigenvalue weighted by Crippen LogP contribution is 2.34. The zero-order chi connectivity index (χ0) is 19.7. The van der Waals surface area contributed by atoms with Crippen molar-refractivity contribution in [3.8, 4) is 33.9 Å². The molecule has 0 saturated carbocycles. The van der Waals surface area contributed by atoms with Crippen LogP contribution >= 0.6 is 11.6 Å². The lowest BCUT2D eigenvalue weighted by atomic mass is 10.1. The van der Waals surface area contributed by atoms with Gasteiger partial charge < -0.3 is 4.98 Å². The number of hydrogen-bond donors (Lipinski definition) is 1. The Labute approximate surface area is 168 Å². The molecule has 4 aromatic rings. The number of hydrogen-bond acceptors (Lipinski definition) is 3. The number of H-pyrrole nitrogens is 1. The highest BCUT2D eigenvalue weighted by atomic mass is 35.5. The van der Waals surface area contributed by atoms with E-state index in [1.165, 1.54) is 6.26 Å². The summed E-state index contributed by atoms with van der Waals surface area (Å²) in [6, 6.07) is 24.1. The van der Waals surface area contributed by atoms with Crippen molar-refractivity contribution in [2.24, 2.45) is 0 Å². The fourth-order valence-corrected chi connectivity index (χ4v) is 3.85. The minimum Gasteiger partial charge on any atom is -0.337 e. The van der Waals surface area contributed by atoms with E-state index in [9.17, 15) is 8.42 Å². The van der Waals surface area contributed by atoms with E-state index in [1.807, 2.05) is 54.6 Å². The summed E-state index contributed by atoms with van der Waals surface area (Å²) in [6.45, 7) is 0. The number of halogens is 1. The molecule has 0 amide bonds. The van der Waals surface area contributed by atoms with E-state index in [2.05, 4.69) is 4.98 Å². The summed E-state index contributed by atoms with van der Waals surface area (Å²) in [6.07, 6.45) is 1.20. The van der Waals surface area contributed by atoms with Crippen LogP contribution in [0, 0.1) is 0 Å². The molecule has 4 rings (SSSR count). The molecule has 4 nitrogen and oxygen atoms in total. The molecule has 140 valence electrons. The summed E-state index contributed by atoms with van der Waals surface area (Å²) < 4.78 is 23.5. The van der Waals surface area contributed by atoms with Gasteiger partial charge in [0, 0.05) is 28.0 Å². The maximum atomic E-state index is 11.8. The highest BCUT2D eigenvalue weighted by Gasteiger charge is 2.16. The maximum Gasteiger partial charge on any atom is 0.175 e. The van der Waals surface area contributed by atoms with Crippen molar-refractivity contribution in [3.05, 3.63) is 83.9 Å². The second kappa shape index (κ2) is 7.26.